The van der Waals surface area contributed by atoms with Gasteiger partial charge in [0.25, 0.3) is 11.6 Å². The molecule has 0 aliphatic rings. The van der Waals surface area contributed by atoms with E-state index in [-0.39, 0.29) is 5.56 Å². The van der Waals surface area contributed by atoms with E-state index in [1.54, 1.807) is 6.26 Å². The number of rotatable bonds is 8. The molecule has 0 heterocycles. The maximum absolute atomic E-state index is 12.0. The zero-order chi connectivity index (χ0) is 18.8. The molecule has 136 valence electrons. The lowest BCUT2D eigenvalue weighted by molar-refractivity contribution is -0.385. The average molecular weight is 369 g/mol. The molecule has 1 aromatic rings. The standard InChI is InChI=1S/C15H19N3O6S/c1-3-4-7-16-15(21)17-13(19)9-24-14(20)11-8-10(25-2)5-6-12(11)18(22)23/h5-6,8H,3-4,7,9H2,1-2H3,(H2,16,17,19,21). The smallest absolute Gasteiger partial charge is 0.345 e. The summed E-state index contributed by atoms with van der Waals surface area (Å²) < 4.78 is 4.76. The number of hydrogen-bond acceptors (Lipinski definition) is 7. The van der Waals surface area contributed by atoms with E-state index in [0.717, 1.165) is 12.8 Å². The number of ether oxygens (including phenoxy) is 1. The van der Waals surface area contributed by atoms with Crippen LogP contribution in [-0.2, 0) is 9.53 Å². The van der Waals surface area contributed by atoms with Gasteiger partial charge in [-0.25, -0.2) is 9.59 Å². The van der Waals surface area contributed by atoms with Gasteiger partial charge in [-0.1, -0.05) is 13.3 Å². The zero-order valence-corrected chi connectivity index (χ0v) is 14.7. The second-order valence-electron chi connectivity index (χ2n) is 4.87. The predicted molar refractivity (Wildman–Crippen MR) is 91.6 cm³/mol. The van der Waals surface area contributed by atoms with Gasteiger partial charge >= 0.3 is 12.0 Å². The first-order chi connectivity index (χ1) is 11.9. The number of thioether (sulfide) groups is 1. The average Bonchev–Trinajstić information content (AvgIpc) is 2.59. The summed E-state index contributed by atoms with van der Waals surface area (Å²) in [5.74, 6) is -1.84. The monoisotopic (exact) mass is 369 g/mol. The Labute approximate surface area is 148 Å². The molecular formula is C15H19N3O6S. The minimum Gasteiger partial charge on any atom is -0.452 e. The molecule has 0 spiro atoms. The molecule has 10 heteroatoms. The Hall–Kier alpha value is -2.62. The van der Waals surface area contributed by atoms with Crippen LogP contribution in [0.5, 0.6) is 0 Å². The van der Waals surface area contributed by atoms with E-state index in [1.165, 1.54) is 30.0 Å². The highest BCUT2D eigenvalue weighted by Gasteiger charge is 2.23. The second kappa shape index (κ2) is 10.3. The number of nitrogens with zero attached hydrogens (tertiary/aromatic N) is 1. The fourth-order valence-electron chi connectivity index (χ4n) is 1.76. The molecule has 0 atom stereocenters. The van der Waals surface area contributed by atoms with Crippen LogP contribution in [0.3, 0.4) is 0 Å². The summed E-state index contributed by atoms with van der Waals surface area (Å²) in [6, 6.07) is 3.33. The Kier molecular flexibility index (Phi) is 8.40. The molecule has 0 unspecified atom stereocenters. The molecule has 1 rings (SSSR count). The molecule has 0 aliphatic carbocycles. The fourth-order valence-corrected chi connectivity index (χ4v) is 2.20. The van der Waals surface area contributed by atoms with Crippen LogP contribution in [0.2, 0.25) is 0 Å². The molecule has 0 saturated heterocycles. The molecule has 25 heavy (non-hydrogen) atoms. The number of carbonyl (C=O) groups excluding carboxylic acids is 3. The van der Waals surface area contributed by atoms with Crippen LogP contribution < -0.4 is 10.6 Å². The minimum atomic E-state index is -1.01. The van der Waals surface area contributed by atoms with E-state index in [1.807, 2.05) is 12.2 Å². The van der Waals surface area contributed by atoms with E-state index in [0.29, 0.717) is 11.4 Å². The second-order valence-corrected chi connectivity index (χ2v) is 5.75. The number of nitro groups is 1. The number of amides is 3. The summed E-state index contributed by atoms with van der Waals surface area (Å²) in [6.45, 7) is 1.65. The van der Waals surface area contributed by atoms with Gasteiger partial charge in [-0.05, 0) is 24.8 Å². The highest BCUT2D eigenvalue weighted by atomic mass is 32.2. The normalized spacial score (nSPS) is 10.0. The van der Waals surface area contributed by atoms with Gasteiger partial charge in [0, 0.05) is 17.5 Å². The minimum absolute atomic E-state index is 0.253. The summed E-state index contributed by atoms with van der Waals surface area (Å²) in [6.07, 6.45) is 3.41. The van der Waals surface area contributed by atoms with Crippen molar-refractivity contribution in [2.75, 3.05) is 19.4 Å². The lowest BCUT2D eigenvalue weighted by Crippen LogP contribution is -2.41. The van der Waals surface area contributed by atoms with E-state index in [4.69, 9.17) is 4.74 Å². The first-order valence-corrected chi connectivity index (χ1v) is 8.68. The molecular weight excluding hydrogens is 350 g/mol. The largest absolute Gasteiger partial charge is 0.452 e. The summed E-state index contributed by atoms with van der Waals surface area (Å²) in [5, 5.41) is 15.5. The van der Waals surface area contributed by atoms with Crippen molar-refractivity contribution >= 4 is 35.4 Å². The van der Waals surface area contributed by atoms with E-state index in [2.05, 4.69) is 5.32 Å². The van der Waals surface area contributed by atoms with Gasteiger partial charge in [0.05, 0.1) is 4.92 Å². The number of imide groups is 1. The summed E-state index contributed by atoms with van der Waals surface area (Å²) >= 11 is 1.30. The van der Waals surface area contributed by atoms with Crippen LogP contribution in [0.4, 0.5) is 10.5 Å². The first kappa shape index (κ1) is 20.4. The summed E-state index contributed by atoms with van der Waals surface area (Å²) in [7, 11) is 0. The van der Waals surface area contributed by atoms with Gasteiger partial charge in [0.15, 0.2) is 6.61 Å². The maximum Gasteiger partial charge on any atom is 0.345 e. The van der Waals surface area contributed by atoms with Crippen LogP contribution in [-0.4, -0.2) is 42.2 Å². The van der Waals surface area contributed by atoms with Gasteiger partial charge in [0.1, 0.15) is 5.56 Å². The van der Waals surface area contributed by atoms with Crippen molar-refractivity contribution in [1.29, 1.82) is 0 Å². The number of urea groups is 1. The Morgan fingerprint density at radius 2 is 2.04 bits per heavy atom. The Morgan fingerprint density at radius 1 is 1.32 bits per heavy atom. The van der Waals surface area contributed by atoms with Crippen molar-refractivity contribution in [1.82, 2.24) is 10.6 Å². The molecule has 0 fully saturated rings. The highest BCUT2D eigenvalue weighted by molar-refractivity contribution is 7.98. The Balaban J connectivity index is 2.63. The number of hydrogen-bond donors (Lipinski definition) is 2. The molecule has 9 nitrogen and oxygen atoms in total. The van der Waals surface area contributed by atoms with Crippen molar-refractivity contribution in [3.63, 3.8) is 0 Å². The molecule has 2 N–H and O–H groups in total. The zero-order valence-electron chi connectivity index (χ0n) is 13.9. The van der Waals surface area contributed by atoms with E-state index >= 15 is 0 Å². The van der Waals surface area contributed by atoms with E-state index in [9.17, 15) is 24.5 Å². The third kappa shape index (κ3) is 6.79. The number of carbonyl (C=O) groups is 3. The van der Waals surface area contributed by atoms with Gasteiger partial charge in [-0.3, -0.25) is 20.2 Å². The number of unbranched alkanes of at least 4 members (excludes halogenated alkanes) is 1. The third-order valence-corrected chi connectivity index (χ3v) is 3.75. The van der Waals surface area contributed by atoms with Crippen LogP contribution in [0, 0.1) is 10.1 Å². The number of esters is 1. The molecule has 0 saturated carbocycles. The summed E-state index contributed by atoms with van der Waals surface area (Å²) in [4.78, 5) is 45.9. The summed E-state index contributed by atoms with van der Waals surface area (Å²) in [5.41, 5.74) is -0.669. The van der Waals surface area contributed by atoms with Gasteiger partial charge < -0.3 is 10.1 Å². The number of nitrogens with one attached hydrogen (secondary N) is 2. The highest BCUT2D eigenvalue weighted by Crippen LogP contribution is 2.25. The molecule has 0 aromatic heterocycles. The molecule has 0 aliphatic heterocycles. The van der Waals surface area contributed by atoms with Crippen molar-refractivity contribution in [3.8, 4) is 0 Å². The van der Waals surface area contributed by atoms with Crippen molar-refractivity contribution in [2.45, 2.75) is 24.7 Å². The van der Waals surface area contributed by atoms with Crippen molar-refractivity contribution in [3.05, 3.63) is 33.9 Å². The third-order valence-electron chi connectivity index (χ3n) is 3.02. The predicted octanol–water partition coefficient (Wildman–Crippen LogP) is 2.10. The topological polar surface area (TPSA) is 128 Å². The van der Waals surface area contributed by atoms with Crippen LogP contribution in [0.15, 0.2) is 23.1 Å². The van der Waals surface area contributed by atoms with Gasteiger partial charge in [0.2, 0.25) is 0 Å². The number of benzene rings is 1. The lowest BCUT2D eigenvalue weighted by Gasteiger charge is -2.08. The lowest BCUT2D eigenvalue weighted by atomic mass is 10.2. The SMILES string of the molecule is CCCCNC(=O)NC(=O)COC(=O)c1cc(SC)ccc1[N+](=O)[O-]. The molecule has 1 aromatic carbocycles. The van der Waals surface area contributed by atoms with Gasteiger partial charge in [-0.2, -0.15) is 0 Å². The van der Waals surface area contributed by atoms with Crippen LogP contribution in [0.25, 0.3) is 0 Å². The van der Waals surface area contributed by atoms with Crippen LogP contribution in [0.1, 0.15) is 30.1 Å². The number of nitro benzene ring substituents is 1. The molecule has 3 amide bonds. The first-order valence-electron chi connectivity index (χ1n) is 7.46. The molecule has 0 bridgehead atoms. The quantitative estimate of drug-likeness (QED) is 0.236. The van der Waals surface area contributed by atoms with Crippen molar-refractivity contribution < 1.29 is 24.0 Å². The fraction of sp³-hybridized carbons (Fsp3) is 0.400. The van der Waals surface area contributed by atoms with Crippen LogP contribution >= 0.6 is 11.8 Å². The molecule has 0 radical (unpaired) electrons. The van der Waals surface area contributed by atoms with E-state index < -0.39 is 35.1 Å². The van der Waals surface area contributed by atoms with Gasteiger partial charge in [-0.15, -0.1) is 11.8 Å². The van der Waals surface area contributed by atoms with Crippen molar-refractivity contribution in [2.24, 2.45) is 0 Å². The maximum atomic E-state index is 12.0. The Bertz CT molecular complexity index is 665. The Morgan fingerprint density at radius 3 is 2.64 bits per heavy atom.